The molecule has 2 rings (SSSR count). The second-order valence-corrected chi connectivity index (χ2v) is 4.27. The Morgan fingerprint density at radius 1 is 1.75 bits per heavy atom. The van der Waals surface area contributed by atoms with Crippen molar-refractivity contribution >= 4 is 11.3 Å². The van der Waals surface area contributed by atoms with E-state index in [0.29, 0.717) is 0 Å². The molecule has 0 amide bonds. The fraction of sp³-hybridized carbons (Fsp3) is 0.625. The number of hydrogen-bond acceptors (Lipinski definition) is 4. The Balaban J connectivity index is 1.88. The molecule has 1 fully saturated rings. The summed E-state index contributed by atoms with van der Waals surface area (Å²) in [5.41, 5.74) is 1.13. The molecular weight excluding hydrogens is 172 g/mol. The van der Waals surface area contributed by atoms with E-state index in [4.69, 9.17) is 5.11 Å². The summed E-state index contributed by atoms with van der Waals surface area (Å²) >= 11 is 1.68. The van der Waals surface area contributed by atoms with Gasteiger partial charge in [-0.05, 0) is 6.92 Å². The molecule has 0 radical (unpaired) electrons. The van der Waals surface area contributed by atoms with Crippen LogP contribution in [-0.4, -0.2) is 34.2 Å². The summed E-state index contributed by atoms with van der Waals surface area (Å²) in [6.45, 7) is 4.51. The van der Waals surface area contributed by atoms with Gasteiger partial charge in [0.15, 0.2) is 0 Å². The SMILES string of the molecule is Cc1nc(CN2CC(O)C2)cs1. The van der Waals surface area contributed by atoms with E-state index in [1.54, 1.807) is 11.3 Å². The smallest absolute Gasteiger partial charge is 0.0897 e. The second-order valence-electron chi connectivity index (χ2n) is 3.21. The van der Waals surface area contributed by atoms with Gasteiger partial charge in [0.25, 0.3) is 0 Å². The number of aliphatic hydroxyl groups excluding tert-OH is 1. The van der Waals surface area contributed by atoms with Gasteiger partial charge < -0.3 is 5.11 Å². The van der Waals surface area contributed by atoms with E-state index in [-0.39, 0.29) is 6.10 Å². The van der Waals surface area contributed by atoms with Crippen LogP contribution in [-0.2, 0) is 6.54 Å². The molecule has 0 aliphatic carbocycles. The first-order valence-corrected chi connectivity index (χ1v) is 4.93. The highest BCUT2D eigenvalue weighted by molar-refractivity contribution is 7.09. The molecule has 0 bridgehead atoms. The van der Waals surface area contributed by atoms with Crippen molar-refractivity contribution in [2.45, 2.75) is 19.6 Å². The molecule has 2 heterocycles. The highest BCUT2D eigenvalue weighted by Crippen LogP contribution is 2.14. The molecule has 1 aromatic heterocycles. The third-order valence-corrected chi connectivity index (χ3v) is 2.81. The van der Waals surface area contributed by atoms with Crippen LogP contribution in [0.3, 0.4) is 0 Å². The zero-order valence-corrected chi connectivity index (χ0v) is 7.84. The summed E-state index contributed by atoms with van der Waals surface area (Å²) < 4.78 is 0. The lowest BCUT2D eigenvalue weighted by molar-refractivity contribution is -0.00345. The number of hydrogen-bond donors (Lipinski definition) is 1. The number of rotatable bonds is 2. The van der Waals surface area contributed by atoms with E-state index >= 15 is 0 Å². The van der Waals surface area contributed by atoms with E-state index in [9.17, 15) is 0 Å². The molecule has 1 aromatic rings. The van der Waals surface area contributed by atoms with Crippen LogP contribution in [0.1, 0.15) is 10.7 Å². The minimum atomic E-state index is -0.107. The molecule has 12 heavy (non-hydrogen) atoms. The predicted octanol–water partition coefficient (Wildman–Crippen LogP) is 0.628. The highest BCUT2D eigenvalue weighted by atomic mass is 32.1. The topological polar surface area (TPSA) is 36.4 Å². The van der Waals surface area contributed by atoms with Crippen molar-refractivity contribution < 1.29 is 5.11 Å². The van der Waals surface area contributed by atoms with Crippen LogP contribution in [0.2, 0.25) is 0 Å². The summed E-state index contributed by atoms with van der Waals surface area (Å²) in [4.78, 5) is 6.55. The Morgan fingerprint density at radius 2 is 2.50 bits per heavy atom. The molecule has 0 spiro atoms. The highest BCUT2D eigenvalue weighted by Gasteiger charge is 2.24. The lowest BCUT2D eigenvalue weighted by Gasteiger charge is -2.35. The lowest BCUT2D eigenvalue weighted by atomic mass is 10.2. The van der Waals surface area contributed by atoms with Crippen molar-refractivity contribution in [3.63, 3.8) is 0 Å². The minimum absolute atomic E-state index is 0.107. The Kier molecular flexibility index (Phi) is 2.12. The van der Waals surface area contributed by atoms with E-state index in [2.05, 4.69) is 15.3 Å². The third-order valence-electron chi connectivity index (χ3n) is 1.99. The molecule has 3 nitrogen and oxygen atoms in total. The molecule has 1 saturated heterocycles. The van der Waals surface area contributed by atoms with Gasteiger partial charge in [-0.25, -0.2) is 4.98 Å². The molecule has 66 valence electrons. The second kappa shape index (κ2) is 3.12. The molecule has 4 heteroatoms. The van der Waals surface area contributed by atoms with Gasteiger partial charge in [-0.15, -0.1) is 11.3 Å². The van der Waals surface area contributed by atoms with Gasteiger partial charge in [0.2, 0.25) is 0 Å². The van der Waals surface area contributed by atoms with E-state index in [1.807, 2.05) is 6.92 Å². The number of aryl methyl sites for hydroxylation is 1. The first kappa shape index (κ1) is 8.16. The molecule has 0 atom stereocenters. The molecule has 0 aromatic carbocycles. The number of nitrogens with zero attached hydrogens (tertiary/aromatic N) is 2. The van der Waals surface area contributed by atoms with E-state index in [0.717, 1.165) is 30.3 Å². The van der Waals surface area contributed by atoms with Crippen molar-refractivity contribution in [1.82, 2.24) is 9.88 Å². The molecule has 1 N–H and O–H groups in total. The van der Waals surface area contributed by atoms with Crippen LogP contribution in [0.15, 0.2) is 5.38 Å². The van der Waals surface area contributed by atoms with Gasteiger partial charge in [-0.2, -0.15) is 0 Å². The summed E-state index contributed by atoms with van der Waals surface area (Å²) in [5.74, 6) is 0. The molecule has 0 saturated carbocycles. The summed E-state index contributed by atoms with van der Waals surface area (Å²) in [7, 11) is 0. The monoisotopic (exact) mass is 184 g/mol. The van der Waals surface area contributed by atoms with E-state index in [1.165, 1.54) is 0 Å². The van der Waals surface area contributed by atoms with Crippen molar-refractivity contribution in [1.29, 1.82) is 0 Å². The van der Waals surface area contributed by atoms with Crippen LogP contribution in [0.4, 0.5) is 0 Å². The first-order valence-electron chi connectivity index (χ1n) is 4.05. The Labute approximate surface area is 75.7 Å². The van der Waals surface area contributed by atoms with Crippen LogP contribution < -0.4 is 0 Å². The maximum atomic E-state index is 9.04. The van der Waals surface area contributed by atoms with Crippen LogP contribution in [0.5, 0.6) is 0 Å². The number of aromatic nitrogens is 1. The van der Waals surface area contributed by atoms with E-state index < -0.39 is 0 Å². The fourth-order valence-electron chi connectivity index (χ4n) is 1.38. The van der Waals surface area contributed by atoms with Crippen LogP contribution in [0, 0.1) is 6.92 Å². The number of likely N-dealkylation sites (tertiary alicyclic amines) is 1. The molecule has 1 aliphatic heterocycles. The Morgan fingerprint density at radius 3 is 3.00 bits per heavy atom. The minimum Gasteiger partial charge on any atom is -0.390 e. The summed E-state index contributed by atoms with van der Waals surface area (Å²) in [5, 5.41) is 12.2. The number of thiazole rings is 1. The maximum Gasteiger partial charge on any atom is 0.0897 e. The van der Waals surface area contributed by atoms with Gasteiger partial charge in [0, 0.05) is 25.0 Å². The Bertz CT molecular complexity index is 268. The summed E-state index contributed by atoms with van der Waals surface area (Å²) in [6, 6.07) is 0. The third kappa shape index (κ3) is 1.65. The maximum absolute atomic E-state index is 9.04. The van der Waals surface area contributed by atoms with Crippen molar-refractivity contribution in [3.05, 3.63) is 16.1 Å². The molecular formula is C8H12N2OS. The number of β-amino-alcohol motifs (C(OH)–C–C–N with tert-alkyl or cyclic N) is 1. The number of aliphatic hydroxyl groups is 1. The average Bonchev–Trinajstić information content (AvgIpc) is 2.33. The van der Waals surface area contributed by atoms with Gasteiger partial charge in [-0.3, -0.25) is 4.90 Å². The molecule has 1 aliphatic rings. The van der Waals surface area contributed by atoms with Crippen molar-refractivity contribution in [2.75, 3.05) is 13.1 Å². The van der Waals surface area contributed by atoms with Crippen molar-refractivity contribution in [2.24, 2.45) is 0 Å². The Hall–Kier alpha value is -0.450. The lowest BCUT2D eigenvalue weighted by Crippen LogP contribution is -2.49. The average molecular weight is 184 g/mol. The van der Waals surface area contributed by atoms with Gasteiger partial charge >= 0.3 is 0 Å². The normalized spacial score (nSPS) is 19.5. The standard InChI is InChI=1S/C8H12N2OS/c1-6-9-7(5-12-6)2-10-3-8(11)4-10/h5,8,11H,2-4H2,1H3. The van der Waals surface area contributed by atoms with Crippen LogP contribution in [0.25, 0.3) is 0 Å². The van der Waals surface area contributed by atoms with Gasteiger partial charge in [0.1, 0.15) is 0 Å². The first-order chi connectivity index (χ1) is 5.74. The predicted molar refractivity (Wildman–Crippen MR) is 48.1 cm³/mol. The zero-order valence-electron chi connectivity index (χ0n) is 7.03. The van der Waals surface area contributed by atoms with Gasteiger partial charge in [0.05, 0.1) is 16.8 Å². The fourth-order valence-corrected chi connectivity index (χ4v) is 1.99. The largest absolute Gasteiger partial charge is 0.390 e. The van der Waals surface area contributed by atoms with Crippen molar-refractivity contribution in [3.8, 4) is 0 Å². The zero-order chi connectivity index (χ0) is 8.55. The summed E-state index contributed by atoms with van der Waals surface area (Å²) in [6.07, 6.45) is -0.107. The van der Waals surface area contributed by atoms with Crippen LogP contribution >= 0.6 is 11.3 Å². The molecule has 0 unspecified atom stereocenters. The van der Waals surface area contributed by atoms with Gasteiger partial charge in [-0.1, -0.05) is 0 Å². The quantitative estimate of drug-likeness (QED) is 0.732.